The maximum atomic E-state index is 12.7. The quantitative estimate of drug-likeness (QED) is 0.507. The zero-order valence-electron chi connectivity index (χ0n) is 17.5. The summed E-state index contributed by atoms with van der Waals surface area (Å²) >= 11 is 6.32. The first kappa shape index (κ1) is 23.7. The molecule has 5 nitrogen and oxygen atoms in total. The lowest BCUT2D eigenvalue weighted by Crippen LogP contribution is -2.42. The van der Waals surface area contributed by atoms with Gasteiger partial charge in [-0.25, -0.2) is 0 Å². The Bertz CT molecular complexity index is 606. The Labute approximate surface area is 168 Å². The van der Waals surface area contributed by atoms with Gasteiger partial charge in [0.25, 0.3) is 5.91 Å². The van der Waals surface area contributed by atoms with E-state index in [0.29, 0.717) is 36.1 Å². The molecule has 0 fully saturated rings. The number of unbranched alkanes of at least 4 members (excludes halogenated alkanes) is 1. The third-order valence-electron chi connectivity index (χ3n) is 4.65. The highest BCUT2D eigenvalue weighted by atomic mass is 35.5. The molecule has 6 heteroatoms. The van der Waals surface area contributed by atoms with E-state index in [1.54, 1.807) is 25.3 Å². The fourth-order valence-corrected chi connectivity index (χ4v) is 2.79. The molecule has 1 rings (SSSR count). The summed E-state index contributed by atoms with van der Waals surface area (Å²) in [7, 11) is 1.68. The largest absolute Gasteiger partial charge is 0.492 e. The summed E-state index contributed by atoms with van der Waals surface area (Å²) in [5, 5.41) is 3.36. The molecule has 0 spiro atoms. The highest BCUT2D eigenvalue weighted by Crippen LogP contribution is 2.29. The van der Waals surface area contributed by atoms with E-state index < -0.39 is 5.60 Å². The summed E-state index contributed by atoms with van der Waals surface area (Å²) in [4.78, 5) is 12.7. The van der Waals surface area contributed by atoms with E-state index in [1.807, 2.05) is 27.7 Å². The van der Waals surface area contributed by atoms with E-state index in [4.69, 9.17) is 25.8 Å². The van der Waals surface area contributed by atoms with Crippen LogP contribution >= 0.6 is 11.6 Å². The monoisotopic (exact) mass is 399 g/mol. The van der Waals surface area contributed by atoms with Crippen LogP contribution in [0.25, 0.3) is 0 Å². The molecule has 0 bridgehead atoms. The van der Waals surface area contributed by atoms with Crippen LogP contribution in [0.1, 0.15) is 60.3 Å². The van der Waals surface area contributed by atoms with Crippen molar-refractivity contribution in [3.8, 4) is 5.75 Å². The number of hydrogen-bond acceptors (Lipinski definition) is 4. The molecular weight excluding hydrogens is 366 g/mol. The Hall–Kier alpha value is -1.30. The SMILES string of the molecule is CCCCC(C)(OCC)C(=O)Nc1ccc(OCCC(C)(C)OC)c(Cl)c1. The van der Waals surface area contributed by atoms with E-state index in [9.17, 15) is 4.79 Å². The average Bonchev–Trinajstić information content (AvgIpc) is 2.62. The molecule has 1 amide bonds. The number of methoxy groups -OCH3 is 1. The number of carbonyl (C=O) groups excluding carboxylic acids is 1. The topological polar surface area (TPSA) is 56.8 Å². The maximum Gasteiger partial charge on any atom is 0.256 e. The number of anilines is 1. The normalized spacial score (nSPS) is 13.9. The van der Waals surface area contributed by atoms with E-state index in [1.165, 1.54) is 0 Å². The Balaban J connectivity index is 2.73. The standard InChI is InChI=1S/C21H34ClNO4/c1-7-9-12-21(5,27-8-2)19(24)23-16-10-11-18(17(22)15-16)26-14-13-20(3,4)25-6/h10-11,15H,7-9,12-14H2,1-6H3,(H,23,24). The molecule has 0 saturated heterocycles. The molecule has 1 aromatic carbocycles. The Morgan fingerprint density at radius 1 is 1.19 bits per heavy atom. The van der Waals surface area contributed by atoms with Gasteiger partial charge in [-0.1, -0.05) is 31.4 Å². The van der Waals surface area contributed by atoms with Crippen LogP contribution in [0.15, 0.2) is 18.2 Å². The Morgan fingerprint density at radius 3 is 2.44 bits per heavy atom. The van der Waals surface area contributed by atoms with Crippen molar-refractivity contribution < 1.29 is 19.0 Å². The molecule has 0 radical (unpaired) electrons. The minimum absolute atomic E-state index is 0.163. The van der Waals surface area contributed by atoms with Gasteiger partial charge in [-0.2, -0.15) is 0 Å². The van der Waals surface area contributed by atoms with E-state index >= 15 is 0 Å². The first-order valence-electron chi connectivity index (χ1n) is 9.60. The van der Waals surface area contributed by atoms with Crippen LogP contribution in [0.4, 0.5) is 5.69 Å². The van der Waals surface area contributed by atoms with Gasteiger partial charge in [-0.15, -0.1) is 0 Å². The Kier molecular flexibility index (Phi) is 9.57. The zero-order valence-corrected chi connectivity index (χ0v) is 18.2. The van der Waals surface area contributed by atoms with Gasteiger partial charge in [0.15, 0.2) is 0 Å². The fourth-order valence-electron chi connectivity index (χ4n) is 2.55. The second kappa shape index (κ2) is 10.9. The van der Waals surface area contributed by atoms with Gasteiger partial charge in [-0.05, 0) is 52.3 Å². The number of nitrogens with one attached hydrogen (secondary N) is 1. The first-order valence-corrected chi connectivity index (χ1v) is 9.98. The number of benzene rings is 1. The molecule has 1 unspecified atom stereocenters. The lowest BCUT2D eigenvalue weighted by atomic mass is 9.97. The molecule has 0 saturated carbocycles. The second-order valence-corrected chi connectivity index (χ2v) is 7.84. The van der Waals surface area contributed by atoms with Crippen LogP contribution in [0, 0.1) is 0 Å². The predicted octanol–water partition coefficient (Wildman–Crippen LogP) is 5.46. The molecule has 1 aromatic rings. The summed E-state index contributed by atoms with van der Waals surface area (Å²) in [6.45, 7) is 10.8. The van der Waals surface area contributed by atoms with Gasteiger partial charge < -0.3 is 19.5 Å². The molecule has 154 valence electrons. The summed E-state index contributed by atoms with van der Waals surface area (Å²) in [5.41, 5.74) is -0.474. The maximum absolute atomic E-state index is 12.7. The molecule has 0 aliphatic carbocycles. The highest BCUT2D eigenvalue weighted by Gasteiger charge is 2.33. The molecule has 1 atom stereocenters. The number of halogens is 1. The highest BCUT2D eigenvalue weighted by molar-refractivity contribution is 6.32. The predicted molar refractivity (Wildman–Crippen MR) is 111 cm³/mol. The third-order valence-corrected chi connectivity index (χ3v) is 4.95. The van der Waals surface area contributed by atoms with Crippen molar-refractivity contribution in [3.63, 3.8) is 0 Å². The van der Waals surface area contributed by atoms with Crippen molar-refractivity contribution in [2.45, 2.75) is 71.5 Å². The summed E-state index contributed by atoms with van der Waals surface area (Å²) in [6, 6.07) is 5.25. The number of rotatable bonds is 12. The van der Waals surface area contributed by atoms with Gasteiger partial charge in [-0.3, -0.25) is 4.79 Å². The summed E-state index contributed by atoms with van der Waals surface area (Å²) < 4.78 is 16.9. The van der Waals surface area contributed by atoms with E-state index in [-0.39, 0.29) is 11.5 Å². The van der Waals surface area contributed by atoms with E-state index in [2.05, 4.69) is 12.2 Å². The fraction of sp³-hybridized carbons (Fsp3) is 0.667. The molecule has 0 aliphatic rings. The minimum atomic E-state index is -0.849. The molecule has 1 N–H and O–H groups in total. The third kappa shape index (κ3) is 7.68. The van der Waals surface area contributed by atoms with Crippen LogP contribution in [0.3, 0.4) is 0 Å². The van der Waals surface area contributed by atoms with Gasteiger partial charge in [0.05, 0.1) is 17.2 Å². The van der Waals surface area contributed by atoms with Crippen LogP contribution in [-0.2, 0) is 14.3 Å². The van der Waals surface area contributed by atoms with Crippen LogP contribution < -0.4 is 10.1 Å². The lowest BCUT2D eigenvalue weighted by molar-refractivity contribution is -0.139. The van der Waals surface area contributed by atoms with Crippen LogP contribution in [0.2, 0.25) is 5.02 Å². The molecule has 0 aromatic heterocycles. The number of hydrogen-bond donors (Lipinski definition) is 1. The first-order chi connectivity index (χ1) is 12.7. The van der Waals surface area contributed by atoms with Crippen molar-refractivity contribution in [2.75, 3.05) is 25.6 Å². The molecular formula is C21H34ClNO4. The van der Waals surface area contributed by atoms with Crippen LogP contribution in [0.5, 0.6) is 5.75 Å². The zero-order chi connectivity index (χ0) is 20.5. The number of ether oxygens (including phenoxy) is 3. The molecule has 0 heterocycles. The van der Waals surface area contributed by atoms with Gasteiger partial charge >= 0.3 is 0 Å². The number of amides is 1. The summed E-state index contributed by atoms with van der Waals surface area (Å²) in [5.74, 6) is 0.421. The van der Waals surface area contributed by atoms with Crippen molar-refractivity contribution >= 4 is 23.2 Å². The van der Waals surface area contributed by atoms with E-state index in [0.717, 1.165) is 19.3 Å². The van der Waals surface area contributed by atoms with Crippen molar-refractivity contribution in [3.05, 3.63) is 23.2 Å². The number of carbonyl (C=O) groups is 1. The van der Waals surface area contributed by atoms with Crippen molar-refractivity contribution in [1.29, 1.82) is 0 Å². The molecule has 27 heavy (non-hydrogen) atoms. The average molecular weight is 400 g/mol. The Morgan fingerprint density at radius 2 is 1.89 bits per heavy atom. The van der Waals surface area contributed by atoms with Gasteiger partial charge in [0.2, 0.25) is 0 Å². The lowest BCUT2D eigenvalue weighted by Gasteiger charge is -2.28. The van der Waals surface area contributed by atoms with Crippen molar-refractivity contribution in [2.24, 2.45) is 0 Å². The van der Waals surface area contributed by atoms with Gasteiger partial charge in [0.1, 0.15) is 11.4 Å². The van der Waals surface area contributed by atoms with Crippen LogP contribution in [-0.4, -0.2) is 37.4 Å². The smallest absolute Gasteiger partial charge is 0.256 e. The van der Waals surface area contributed by atoms with Crippen molar-refractivity contribution in [1.82, 2.24) is 0 Å². The molecule has 0 aliphatic heterocycles. The second-order valence-electron chi connectivity index (χ2n) is 7.43. The van der Waals surface area contributed by atoms with Gasteiger partial charge in [0, 0.05) is 25.8 Å². The minimum Gasteiger partial charge on any atom is -0.492 e. The summed E-state index contributed by atoms with van der Waals surface area (Å²) in [6.07, 6.45) is 3.35.